The average molecular weight is 246 g/mol. The molecule has 0 radical (unpaired) electrons. The van der Waals surface area contributed by atoms with E-state index in [1.54, 1.807) is 0 Å². The van der Waals surface area contributed by atoms with E-state index < -0.39 is 5.60 Å². The topological polar surface area (TPSA) is 40.5 Å². The minimum atomic E-state index is -0.630. The number of hydrogen-bond acceptors (Lipinski definition) is 2. The maximum atomic E-state index is 9.50. The van der Waals surface area contributed by atoms with Crippen molar-refractivity contribution in [2.75, 3.05) is 0 Å². The Morgan fingerprint density at radius 2 is 1.67 bits per heavy atom. The number of hydrogen-bond donors (Lipinski definition) is 2. The van der Waals surface area contributed by atoms with Crippen LogP contribution < -0.4 is 0 Å². The molecule has 2 unspecified atom stereocenters. The summed E-state index contributed by atoms with van der Waals surface area (Å²) in [5, 5.41) is 18.7. The molecule has 18 heavy (non-hydrogen) atoms. The lowest BCUT2D eigenvalue weighted by Gasteiger charge is -2.26. The lowest BCUT2D eigenvalue weighted by molar-refractivity contribution is 0.0730. The van der Waals surface area contributed by atoms with E-state index in [4.69, 9.17) is 0 Å². The summed E-state index contributed by atoms with van der Waals surface area (Å²) >= 11 is 0. The first kappa shape index (κ1) is 14.5. The van der Waals surface area contributed by atoms with Gasteiger partial charge in [0.25, 0.3) is 0 Å². The highest BCUT2D eigenvalue weighted by Crippen LogP contribution is 2.22. The fourth-order valence-electron chi connectivity index (χ4n) is 1.63. The lowest BCUT2D eigenvalue weighted by Crippen LogP contribution is -2.29. The highest BCUT2D eigenvalue weighted by Gasteiger charge is 2.23. The van der Waals surface area contributed by atoms with Gasteiger partial charge in [-0.1, -0.05) is 49.4 Å². The predicted molar refractivity (Wildman–Crippen MR) is 75.6 cm³/mol. The number of phenols is 1. The minimum absolute atomic E-state index is 0.238. The second-order valence-corrected chi connectivity index (χ2v) is 5.00. The second-order valence-electron chi connectivity index (χ2n) is 5.00. The van der Waals surface area contributed by atoms with Gasteiger partial charge in [-0.05, 0) is 31.9 Å². The van der Waals surface area contributed by atoms with Crippen LogP contribution in [0.25, 0.3) is 0 Å². The molecular weight excluding hydrogens is 224 g/mol. The fourth-order valence-corrected chi connectivity index (χ4v) is 1.63. The third kappa shape index (κ3) is 3.74. The van der Waals surface area contributed by atoms with Crippen LogP contribution in [0.15, 0.2) is 42.5 Å². The molecule has 1 aliphatic carbocycles. The summed E-state index contributed by atoms with van der Waals surface area (Å²) in [6, 6.07) is 5.72. The van der Waals surface area contributed by atoms with Crippen LogP contribution in [-0.2, 0) is 0 Å². The summed E-state index contributed by atoms with van der Waals surface area (Å²) in [5.41, 5.74) is 1.25. The highest BCUT2D eigenvalue weighted by molar-refractivity contribution is 5.37. The van der Waals surface area contributed by atoms with Crippen molar-refractivity contribution in [1.29, 1.82) is 0 Å². The van der Waals surface area contributed by atoms with Gasteiger partial charge in [-0.15, -0.1) is 0 Å². The van der Waals surface area contributed by atoms with Crippen LogP contribution >= 0.6 is 0 Å². The zero-order valence-electron chi connectivity index (χ0n) is 11.5. The Bertz CT molecular complexity index is 436. The first-order valence-corrected chi connectivity index (χ1v) is 6.18. The van der Waals surface area contributed by atoms with Crippen molar-refractivity contribution < 1.29 is 10.2 Å². The van der Waals surface area contributed by atoms with Gasteiger partial charge in [0.2, 0.25) is 0 Å². The van der Waals surface area contributed by atoms with Gasteiger partial charge in [0.1, 0.15) is 5.75 Å². The predicted octanol–water partition coefficient (Wildman–Crippen LogP) is 3.51. The quantitative estimate of drug-likeness (QED) is 0.735. The smallest absolute Gasteiger partial charge is 0.121 e. The standard InChI is InChI=1S/C8H12O.C8H10O/c1-7-5-3-4-6-8(7,2)9;1-6-4-3-5-7(2)8(6)9/h3-7,9H,1-2H3;3-5,9H,1-2H3. The third-order valence-corrected chi connectivity index (χ3v) is 3.31. The summed E-state index contributed by atoms with van der Waals surface area (Å²) < 4.78 is 0. The number of rotatable bonds is 0. The van der Waals surface area contributed by atoms with Crippen LogP contribution in [0.4, 0.5) is 0 Å². The molecule has 0 amide bonds. The molecule has 0 spiro atoms. The van der Waals surface area contributed by atoms with E-state index >= 15 is 0 Å². The SMILES string of the molecule is CC1C=CC=CC1(C)O.Cc1cccc(C)c1O. The normalized spacial score (nSPS) is 25.5. The van der Waals surface area contributed by atoms with Crippen LogP contribution in [0.5, 0.6) is 5.75 Å². The number of para-hydroxylation sites is 1. The van der Waals surface area contributed by atoms with Crippen LogP contribution in [0.3, 0.4) is 0 Å². The van der Waals surface area contributed by atoms with Crippen LogP contribution in [0.1, 0.15) is 25.0 Å². The summed E-state index contributed by atoms with van der Waals surface area (Å²) in [6.45, 7) is 7.60. The van der Waals surface area contributed by atoms with Gasteiger partial charge in [-0.25, -0.2) is 0 Å². The first-order chi connectivity index (χ1) is 8.34. The van der Waals surface area contributed by atoms with E-state index in [-0.39, 0.29) is 5.92 Å². The van der Waals surface area contributed by atoms with Gasteiger partial charge >= 0.3 is 0 Å². The molecule has 98 valence electrons. The maximum absolute atomic E-state index is 9.50. The number of phenolic OH excluding ortho intramolecular Hbond substituents is 1. The monoisotopic (exact) mass is 246 g/mol. The molecule has 1 aliphatic rings. The molecule has 1 aromatic rings. The van der Waals surface area contributed by atoms with Gasteiger partial charge < -0.3 is 10.2 Å². The number of benzene rings is 1. The molecule has 0 saturated heterocycles. The van der Waals surface area contributed by atoms with Crippen molar-refractivity contribution in [3.63, 3.8) is 0 Å². The summed E-state index contributed by atoms with van der Waals surface area (Å²) in [6.07, 6.45) is 7.65. The Morgan fingerprint density at radius 3 is 2.00 bits per heavy atom. The van der Waals surface area contributed by atoms with Gasteiger partial charge in [0.05, 0.1) is 5.60 Å². The van der Waals surface area contributed by atoms with Crippen molar-refractivity contribution in [2.24, 2.45) is 5.92 Å². The zero-order chi connectivity index (χ0) is 13.8. The van der Waals surface area contributed by atoms with Crippen LogP contribution in [0, 0.1) is 19.8 Å². The third-order valence-electron chi connectivity index (χ3n) is 3.31. The lowest BCUT2D eigenvalue weighted by atomic mass is 9.87. The Kier molecular flexibility index (Phi) is 4.74. The van der Waals surface area contributed by atoms with E-state index in [1.165, 1.54) is 0 Å². The maximum Gasteiger partial charge on any atom is 0.121 e. The van der Waals surface area contributed by atoms with E-state index in [0.29, 0.717) is 5.75 Å². The van der Waals surface area contributed by atoms with E-state index in [1.807, 2.05) is 70.2 Å². The number of aryl methyl sites for hydroxylation is 2. The minimum Gasteiger partial charge on any atom is -0.507 e. The fraction of sp³-hybridized carbons (Fsp3) is 0.375. The number of aromatic hydroxyl groups is 1. The van der Waals surface area contributed by atoms with Crippen molar-refractivity contribution in [3.05, 3.63) is 53.6 Å². The van der Waals surface area contributed by atoms with Crippen molar-refractivity contribution in [2.45, 2.75) is 33.3 Å². The van der Waals surface area contributed by atoms with E-state index in [9.17, 15) is 10.2 Å². The Labute approximate surface area is 109 Å². The van der Waals surface area contributed by atoms with E-state index in [2.05, 4.69) is 0 Å². The molecule has 0 heterocycles. The molecule has 0 bridgehead atoms. The second kappa shape index (κ2) is 5.87. The molecule has 0 saturated carbocycles. The molecular formula is C16H22O2. The summed E-state index contributed by atoms with van der Waals surface area (Å²) in [7, 11) is 0. The molecule has 0 aliphatic heterocycles. The summed E-state index contributed by atoms with van der Waals surface area (Å²) in [4.78, 5) is 0. The molecule has 1 aromatic carbocycles. The van der Waals surface area contributed by atoms with Crippen LogP contribution in [-0.4, -0.2) is 15.8 Å². The molecule has 2 heteroatoms. The highest BCUT2D eigenvalue weighted by atomic mass is 16.3. The van der Waals surface area contributed by atoms with Crippen molar-refractivity contribution in [3.8, 4) is 5.75 Å². The molecule has 0 fully saturated rings. The molecule has 2 rings (SSSR count). The Hall–Kier alpha value is -1.54. The molecule has 0 aromatic heterocycles. The zero-order valence-corrected chi connectivity index (χ0v) is 11.5. The van der Waals surface area contributed by atoms with Gasteiger partial charge in [0, 0.05) is 5.92 Å². The number of allylic oxidation sites excluding steroid dienone is 2. The van der Waals surface area contributed by atoms with Gasteiger partial charge in [0.15, 0.2) is 0 Å². The van der Waals surface area contributed by atoms with Gasteiger partial charge in [-0.3, -0.25) is 0 Å². The Morgan fingerprint density at radius 1 is 1.11 bits per heavy atom. The van der Waals surface area contributed by atoms with Crippen molar-refractivity contribution >= 4 is 0 Å². The first-order valence-electron chi connectivity index (χ1n) is 6.18. The Balaban J connectivity index is 0.000000180. The largest absolute Gasteiger partial charge is 0.507 e. The summed E-state index contributed by atoms with van der Waals surface area (Å²) in [5.74, 6) is 0.653. The molecule has 2 nitrogen and oxygen atoms in total. The number of aliphatic hydroxyl groups is 1. The average Bonchev–Trinajstić information content (AvgIpc) is 2.31. The van der Waals surface area contributed by atoms with Crippen molar-refractivity contribution in [1.82, 2.24) is 0 Å². The molecule has 2 atom stereocenters. The molecule has 2 N–H and O–H groups in total. The van der Waals surface area contributed by atoms with Crippen LogP contribution in [0.2, 0.25) is 0 Å². The van der Waals surface area contributed by atoms with Gasteiger partial charge in [-0.2, -0.15) is 0 Å². The van der Waals surface area contributed by atoms with E-state index in [0.717, 1.165) is 11.1 Å².